The molecule has 1 atom stereocenters. The van der Waals surface area contributed by atoms with Gasteiger partial charge in [-0.05, 0) is 6.42 Å². The number of nitrogens with one attached hydrogen (secondary N) is 2. The first-order chi connectivity index (χ1) is 7.81. The van der Waals surface area contributed by atoms with Crippen molar-refractivity contribution in [1.82, 2.24) is 10.2 Å². The van der Waals surface area contributed by atoms with E-state index in [9.17, 15) is 0 Å². The molecule has 0 aromatic heterocycles. The molecule has 1 saturated heterocycles. The minimum atomic E-state index is 0.526. The van der Waals surface area contributed by atoms with Crippen molar-refractivity contribution in [1.29, 1.82) is 5.41 Å². The Bertz CT molecular complexity index is 347. The van der Waals surface area contributed by atoms with Gasteiger partial charge < -0.3 is 10.2 Å². The average molecular weight is 217 g/mol. The summed E-state index contributed by atoms with van der Waals surface area (Å²) in [5, 5.41) is 11.7. The fourth-order valence-corrected chi connectivity index (χ4v) is 2.08. The Labute approximate surface area is 97.0 Å². The van der Waals surface area contributed by atoms with E-state index < -0.39 is 0 Å². The quantitative estimate of drug-likeness (QED) is 0.584. The molecule has 0 aliphatic carbocycles. The van der Waals surface area contributed by atoms with Crippen molar-refractivity contribution in [2.24, 2.45) is 0 Å². The van der Waals surface area contributed by atoms with Gasteiger partial charge in [-0.25, -0.2) is 0 Å². The van der Waals surface area contributed by atoms with Crippen molar-refractivity contribution in [3.05, 3.63) is 35.9 Å². The molecular formula is C13H19N3. The lowest BCUT2D eigenvalue weighted by Gasteiger charge is -2.35. The van der Waals surface area contributed by atoms with Crippen molar-refractivity contribution in [2.75, 3.05) is 19.6 Å². The first-order valence-electron chi connectivity index (χ1n) is 5.93. The average Bonchev–Trinajstić information content (AvgIpc) is 2.39. The van der Waals surface area contributed by atoms with Crippen LogP contribution in [0.4, 0.5) is 0 Å². The van der Waals surface area contributed by atoms with E-state index in [4.69, 9.17) is 5.41 Å². The topological polar surface area (TPSA) is 39.1 Å². The number of rotatable bonds is 2. The van der Waals surface area contributed by atoms with Gasteiger partial charge >= 0.3 is 0 Å². The van der Waals surface area contributed by atoms with Gasteiger partial charge in [0.25, 0.3) is 0 Å². The van der Waals surface area contributed by atoms with Gasteiger partial charge in [0.1, 0.15) is 5.84 Å². The molecule has 3 nitrogen and oxygen atoms in total. The van der Waals surface area contributed by atoms with Gasteiger partial charge in [0.15, 0.2) is 0 Å². The molecule has 1 fully saturated rings. The summed E-state index contributed by atoms with van der Waals surface area (Å²) >= 11 is 0. The van der Waals surface area contributed by atoms with Gasteiger partial charge in [-0.1, -0.05) is 37.3 Å². The standard InChI is InChI=1S/C13H19N3/c1-2-12-10-16(9-8-15-12)13(14)11-6-4-3-5-7-11/h3-7,12,14-15H,2,8-10H2,1H3/t12-/m1/s1. The Kier molecular flexibility index (Phi) is 3.57. The van der Waals surface area contributed by atoms with E-state index in [1.165, 1.54) is 0 Å². The molecule has 1 aliphatic rings. The summed E-state index contributed by atoms with van der Waals surface area (Å²) in [5.41, 5.74) is 1.01. The van der Waals surface area contributed by atoms with Crippen molar-refractivity contribution < 1.29 is 0 Å². The number of hydrogen-bond acceptors (Lipinski definition) is 2. The van der Waals surface area contributed by atoms with Crippen LogP contribution in [0.25, 0.3) is 0 Å². The van der Waals surface area contributed by atoms with Crippen LogP contribution >= 0.6 is 0 Å². The number of amidine groups is 1. The Balaban J connectivity index is 2.05. The molecule has 0 spiro atoms. The Hall–Kier alpha value is -1.35. The lowest BCUT2D eigenvalue weighted by molar-refractivity contribution is 0.285. The summed E-state index contributed by atoms with van der Waals surface area (Å²) in [6, 6.07) is 10.5. The molecule has 1 aromatic carbocycles. The van der Waals surface area contributed by atoms with Crippen LogP contribution < -0.4 is 5.32 Å². The van der Waals surface area contributed by atoms with E-state index in [1.807, 2.05) is 30.3 Å². The van der Waals surface area contributed by atoms with Gasteiger partial charge in [0.2, 0.25) is 0 Å². The van der Waals surface area contributed by atoms with Crippen LogP contribution in [-0.2, 0) is 0 Å². The van der Waals surface area contributed by atoms with E-state index in [1.54, 1.807) is 0 Å². The van der Waals surface area contributed by atoms with Crippen LogP contribution in [0.2, 0.25) is 0 Å². The second-order valence-electron chi connectivity index (χ2n) is 4.22. The maximum Gasteiger partial charge on any atom is 0.128 e. The second-order valence-corrected chi connectivity index (χ2v) is 4.22. The summed E-state index contributed by atoms with van der Waals surface area (Å²) in [7, 11) is 0. The lowest BCUT2D eigenvalue weighted by Crippen LogP contribution is -2.52. The molecular weight excluding hydrogens is 198 g/mol. The molecule has 86 valence electrons. The predicted octanol–water partition coefficient (Wildman–Crippen LogP) is 1.70. The molecule has 2 rings (SSSR count). The van der Waals surface area contributed by atoms with Gasteiger partial charge in [0.05, 0.1) is 0 Å². The molecule has 0 radical (unpaired) electrons. The molecule has 16 heavy (non-hydrogen) atoms. The van der Waals surface area contributed by atoms with Crippen LogP contribution in [-0.4, -0.2) is 36.4 Å². The van der Waals surface area contributed by atoms with Crippen LogP contribution in [0, 0.1) is 5.41 Å². The van der Waals surface area contributed by atoms with Gasteiger partial charge in [-0.3, -0.25) is 5.41 Å². The van der Waals surface area contributed by atoms with Gasteiger partial charge in [0, 0.05) is 31.2 Å². The Morgan fingerprint density at radius 1 is 1.44 bits per heavy atom. The fraction of sp³-hybridized carbons (Fsp3) is 0.462. The fourth-order valence-electron chi connectivity index (χ4n) is 2.08. The number of nitrogens with zero attached hydrogens (tertiary/aromatic N) is 1. The smallest absolute Gasteiger partial charge is 0.128 e. The first kappa shape index (κ1) is 11.1. The largest absolute Gasteiger partial charge is 0.354 e. The Morgan fingerprint density at radius 2 is 2.19 bits per heavy atom. The Morgan fingerprint density at radius 3 is 2.88 bits per heavy atom. The molecule has 1 heterocycles. The van der Waals surface area contributed by atoms with Crippen LogP contribution in [0.1, 0.15) is 18.9 Å². The normalized spacial score (nSPS) is 20.8. The maximum absolute atomic E-state index is 8.19. The van der Waals surface area contributed by atoms with E-state index in [2.05, 4.69) is 17.1 Å². The minimum absolute atomic E-state index is 0.526. The zero-order valence-corrected chi connectivity index (χ0v) is 9.74. The van der Waals surface area contributed by atoms with Gasteiger partial charge in [-0.15, -0.1) is 0 Å². The highest BCUT2D eigenvalue weighted by atomic mass is 15.2. The maximum atomic E-state index is 8.19. The lowest BCUT2D eigenvalue weighted by atomic mass is 10.1. The molecule has 0 saturated carbocycles. The summed E-state index contributed by atoms with van der Waals surface area (Å²) in [6.07, 6.45) is 1.12. The summed E-state index contributed by atoms with van der Waals surface area (Å²) < 4.78 is 0. The summed E-state index contributed by atoms with van der Waals surface area (Å²) in [6.45, 7) is 5.05. The minimum Gasteiger partial charge on any atom is -0.354 e. The highest BCUT2D eigenvalue weighted by Crippen LogP contribution is 2.08. The monoisotopic (exact) mass is 217 g/mol. The molecule has 0 unspecified atom stereocenters. The third-order valence-electron chi connectivity index (χ3n) is 3.11. The molecule has 3 heteroatoms. The highest BCUT2D eigenvalue weighted by Gasteiger charge is 2.20. The van der Waals surface area contributed by atoms with E-state index in [0.29, 0.717) is 11.9 Å². The molecule has 1 aromatic rings. The molecule has 1 aliphatic heterocycles. The van der Waals surface area contributed by atoms with Crippen LogP contribution in [0.5, 0.6) is 0 Å². The van der Waals surface area contributed by atoms with Crippen LogP contribution in [0.15, 0.2) is 30.3 Å². The van der Waals surface area contributed by atoms with E-state index in [0.717, 1.165) is 31.6 Å². The van der Waals surface area contributed by atoms with Crippen molar-refractivity contribution in [3.63, 3.8) is 0 Å². The molecule has 0 bridgehead atoms. The van der Waals surface area contributed by atoms with Gasteiger partial charge in [-0.2, -0.15) is 0 Å². The van der Waals surface area contributed by atoms with Crippen molar-refractivity contribution in [2.45, 2.75) is 19.4 Å². The number of benzene rings is 1. The summed E-state index contributed by atoms with van der Waals surface area (Å²) in [4.78, 5) is 2.17. The molecule has 2 N–H and O–H groups in total. The second kappa shape index (κ2) is 5.12. The first-order valence-corrected chi connectivity index (χ1v) is 5.93. The third kappa shape index (κ3) is 2.42. The zero-order valence-electron chi connectivity index (χ0n) is 9.74. The highest BCUT2D eigenvalue weighted by molar-refractivity contribution is 5.96. The number of hydrogen-bond donors (Lipinski definition) is 2. The van der Waals surface area contributed by atoms with Crippen LogP contribution in [0.3, 0.4) is 0 Å². The van der Waals surface area contributed by atoms with Crippen molar-refractivity contribution in [3.8, 4) is 0 Å². The number of piperazine rings is 1. The van der Waals surface area contributed by atoms with Crippen molar-refractivity contribution >= 4 is 5.84 Å². The SMILES string of the molecule is CC[C@@H]1CN(C(=N)c2ccccc2)CCN1. The molecule has 0 amide bonds. The predicted molar refractivity (Wildman–Crippen MR) is 66.9 cm³/mol. The van der Waals surface area contributed by atoms with E-state index in [-0.39, 0.29) is 0 Å². The van der Waals surface area contributed by atoms with E-state index >= 15 is 0 Å². The zero-order chi connectivity index (χ0) is 11.4. The summed E-state index contributed by atoms with van der Waals surface area (Å²) in [5.74, 6) is 0.653. The third-order valence-corrected chi connectivity index (χ3v) is 3.11.